The Hall–Kier alpha value is -2.56. The highest BCUT2D eigenvalue weighted by Gasteiger charge is 2.12. The Morgan fingerprint density at radius 1 is 1.33 bits per heavy atom. The van der Waals surface area contributed by atoms with Gasteiger partial charge in [-0.15, -0.1) is 0 Å². The van der Waals surface area contributed by atoms with Crippen molar-refractivity contribution in [3.8, 4) is 0 Å². The molecule has 1 heterocycles. The van der Waals surface area contributed by atoms with Gasteiger partial charge < -0.3 is 15.7 Å². The summed E-state index contributed by atoms with van der Waals surface area (Å²) >= 11 is 0. The Balaban J connectivity index is 2.37. The molecule has 0 saturated heterocycles. The minimum atomic E-state index is -1.04. The second-order valence-corrected chi connectivity index (χ2v) is 3.84. The minimum absolute atomic E-state index is 0.0812. The first kappa shape index (κ1) is 11.9. The first-order valence-corrected chi connectivity index (χ1v) is 5.37. The SMILES string of the molecule is CN(c1ccccc1)c1ncc(C(=O)O)cc1N. The van der Waals surface area contributed by atoms with Gasteiger partial charge in [-0.05, 0) is 18.2 Å². The van der Waals surface area contributed by atoms with Crippen molar-refractivity contribution < 1.29 is 9.90 Å². The number of pyridine rings is 1. The van der Waals surface area contributed by atoms with Gasteiger partial charge in [-0.25, -0.2) is 9.78 Å². The largest absolute Gasteiger partial charge is 0.478 e. The molecule has 2 rings (SSSR count). The van der Waals surface area contributed by atoms with Crippen molar-refractivity contribution in [2.45, 2.75) is 0 Å². The van der Waals surface area contributed by atoms with Crippen molar-refractivity contribution >= 4 is 23.2 Å². The molecule has 0 fully saturated rings. The molecule has 0 amide bonds. The van der Waals surface area contributed by atoms with Crippen molar-refractivity contribution in [1.29, 1.82) is 0 Å². The Morgan fingerprint density at radius 3 is 2.56 bits per heavy atom. The maximum absolute atomic E-state index is 10.8. The van der Waals surface area contributed by atoms with E-state index in [1.54, 1.807) is 4.90 Å². The van der Waals surface area contributed by atoms with Crippen molar-refractivity contribution in [2.24, 2.45) is 0 Å². The Labute approximate surface area is 104 Å². The number of nitrogens with two attached hydrogens (primary N) is 1. The average Bonchev–Trinajstić information content (AvgIpc) is 2.38. The van der Waals surface area contributed by atoms with Crippen LogP contribution in [-0.2, 0) is 0 Å². The number of carboxylic acids is 1. The molecule has 3 N–H and O–H groups in total. The van der Waals surface area contributed by atoms with E-state index in [0.717, 1.165) is 5.69 Å². The van der Waals surface area contributed by atoms with Crippen LogP contribution in [0.3, 0.4) is 0 Å². The summed E-state index contributed by atoms with van der Waals surface area (Å²) in [4.78, 5) is 16.7. The molecule has 0 bridgehead atoms. The Kier molecular flexibility index (Phi) is 3.14. The third-order valence-electron chi connectivity index (χ3n) is 2.60. The summed E-state index contributed by atoms with van der Waals surface area (Å²) in [5.41, 5.74) is 7.18. The topological polar surface area (TPSA) is 79.5 Å². The average molecular weight is 243 g/mol. The lowest BCUT2D eigenvalue weighted by Gasteiger charge is -2.19. The van der Waals surface area contributed by atoms with Crippen LogP contribution in [0.1, 0.15) is 10.4 Å². The highest BCUT2D eigenvalue weighted by molar-refractivity contribution is 5.89. The van der Waals surface area contributed by atoms with Gasteiger partial charge in [0, 0.05) is 18.9 Å². The van der Waals surface area contributed by atoms with Crippen molar-refractivity contribution in [1.82, 2.24) is 4.98 Å². The quantitative estimate of drug-likeness (QED) is 0.863. The van der Waals surface area contributed by atoms with Crippen LogP contribution in [0.25, 0.3) is 0 Å². The molecule has 1 aromatic carbocycles. The number of carbonyl (C=O) groups is 1. The molecule has 0 unspecified atom stereocenters. The molecule has 0 saturated carbocycles. The number of aromatic nitrogens is 1. The molecular formula is C13H13N3O2. The lowest BCUT2D eigenvalue weighted by Crippen LogP contribution is -2.14. The van der Waals surface area contributed by atoms with E-state index in [1.165, 1.54) is 12.3 Å². The summed E-state index contributed by atoms with van der Waals surface area (Å²) in [6.07, 6.45) is 1.30. The molecule has 0 aliphatic rings. The number of nitrogen functional groups attached to an aromatic ring is 1. The first-order valence-electron chi connectivity index (χ1n) is 5.37. The van der Waals surface area contributed by atoms with Gasteiger partial charge in [-0.2, -0.15) is 0 Å². The molecule has 1 aromatic heterocycles. The fraction of sp³-hybridized carbons (Fsp3) is 0.0769. The maximum atomic E-state index is 10.8. The predicted molar refractivity (Wildman–Crippen MR) is 70.1 cm³/mol. The molecule has 2 aromatic rings. The number of rotatable bonds is 3. The van der Waals surface area contributed by atoms with E-state index in [0.29, 0.717) is 11.5 Å². The van der Waals surface area contributed by atoms with Gasteiger partial charge in [0.1, 0.15) is 0 Å². The molecule has 5 heteroatoms. The number of benzene rings is 1. The zero-order valence-electron chi connectivity index (χ0n) is 9.87. The van der Waals surface area contributed by atoms with E-state index >= 15 is 0 Å². The molecule has 0 radical (unpaired) electrons. The fourth-order valence-corrected chi connectivity index (χ4v) is 1.65. The normalized spacial score (nSPS) is 10.1. The summed E-state index contributed by atoms with van der Waals surface area (Å²) < 4.78 is 0. The standard InChI is InChI=1S/C13H13N3O2/c1-16(10-5-3-2-4-6-10)12-11(14)7-9(8-15-12)13(17)18/h2-8H,14H2,1H3,(H,17,18). The highest BCUT2D eigenvalue weighted by atomic mass is 16.4. The zero-order chi connectivity index (χ0) is 13.1. The molecule has 0 aliphatic carbocycles. The van der Waals surface area contributed by atoms with Gasteiger partial charge in [0.15, 0.2) is 5.82 Å². The second kappa shape index (κ2) is 4.75. The van der Waals surface area contributed by atoms with Crippen LogP contribution in [0.4, 0.5) is 17.2 Å². The number of aromatic carboxylic acids is 1. The Morgan fingerprint density at radius 2 is 2.00 bits per heavy atom. The summed E-state index contributed by atoms with van der Waals surface area (Å²) in [7, 11) is 1.83. The molecule has 92 valence electrons. The number of para-hydroxylation sites is 1. The number of hydrogen-bond acceptors (Lipinski definition) is 4. The van der Waals surface area contributed by atoms with Crippen LogP contribution < -0.4 is 10.6 Å². The first-order chi connectivity index (χ1) is 8.59. The monoisotopic (exact) mass is 243 g/mol. The van der Waals surface area contributed by atoms with Crippen LogP contribution >= 0.6 is 0 Å². The molecule has 5 nitrogen and oxygen atoms in total. The van der Waals surface area contributed by atoms with Gasteiger partial charge in [-0.1, -0.05) is 18.2 Å². The van der Waals surface area contributed by atoms with Crippen molar-refractivity contribution in [3.63, 3.8) is 0 Å². The molecule has 0 aliphatic heterocycles. The maximum Gasteiger partial charge on any atom is 0.337 e. The van der Waals surface area contributed by atoms with E-state index in [-0.39, 0.29) is 5.56 Å². The number of anilines is 3. The molecular weight excluding hydrogens is 230 g/mol. The smallest absolute Gasteiger partial charge is 0.337 e. The van der Waals surface area contributed by atoms with Crippen molar-refractivity contribution in [2.75, 3.05) is 17.7 Å². The summed E-state index contributed by atoms with van der Waals surface area (Å²) in [6, 6.07) is 11.0. The van der Waals surface area contributed by atoms with Gasteiger partial charge >= 0.3 is 5.97 Å². The highest BCUT2D eigenvalue weighted by Crippen LogP contribution is 2.26. The third-order valence-corrected chi connectivity index (χ3v) is 2.60. The molecule has 0 spiro atoms. The van der Waals surface area contributed by atoms with E-state index in [9.17, 15) is 4.79 Å². The van der Waals surface area contributed by atoms with Crippen molar-refractivity contribution in [3.05, 3.63) is 48.2 Å². The molecule has 0 atom stereocenters. The van der Waals surface area contributed by atoms with E-state index < -0.39 is 5.97 Å². The van der Waals surface area contributed by atoms with E-state index in [2.05, 4.69) is 4.98 Å². The lowest BCUT2D eigenvalue weighted by atomic mass is 10.2. The molecule has 18 heavy (non-hydrogen) atoms. The zero-order valence-corrected chi connectivity index (χ0v) is 9.87. The number of carboxylic acid groups (broad SMARTS) is 1. The van der Waals surface area contributed by atoms with Crippen LogP contribution in [0.2, 0.25) is 0 Å². The van der Waals surface area contributed by atoms with Crippen LogP contribution in [0, 0.1) is 0 Å². The number of hydrogen-bond donors (Lipinski definition) is 2. The van der Waals surface area contributed by atoms with Gasteiger partial charge in [0.05, 0.1) is 11.3 Å². The Bertz CT molecular complexity index is 570. The summed E-state index contributed by atoms with van der Waals surface area (Å²) in [5, 5.41) is 8.85. The van der Waals surface area contributed by atoms with Gasteiger partial charge in [0.25, 0.3) is 0 Å². The summed E-state index contributed by atoms with van der Waals surface area (Å²) in [6.45, 7) is 0. The van der Waals surface area contributed by atoms with Gasteiger partial charge in [-0.3, -0.25) is 0 Å². The third kappa shape index (κ3) is 2.24. The van der Waals surface area contributed by atoms with E-state index in [1.807, 2.05) is 37.4 Å². The summed E-state index contributed by atoms with van der Waals surface area (Å²) in [5.74, 6) is -0.505. The predicted octanol–water partition coefficient (Wildman–Crippen LogP) is 2.13. The number of nitrogens with zero attached hydrogens (tertiary/aromatic N) is 2. The lowest BCUT2D eigenvalue weighted by molar-refractivity contribution is 0.0696. The van der Waals surface area contributed by atoms with E-state index in [4.69, 9.17) is 10.8 Å². The van der Waals surface area contributed by atoms with Crippen LogP contribution in [0.15, 0.2) is 42.6 Å². The van der Waals surface area contributed by atoms with Crippen LogP contribution in [-0.4, -0.2) is 23.1 Å². The fourth-order valence-electron chi connectivity index (χ4n) is 1.65. The van der Waals surface area contributed by atoms with Crippen LogP contribution in [0.5, 0.6) is 0 Å². The minimum Gasteiger partial charge on any atom is -0.478 e. The van der Waals surface area contributed by atoms with Gasteiger partial charge in [0.2, 0.25) is 0 Å². The second-order valence-electron chi connectivity index (χ2n) is 3.84.